The molecule has 2 aromatic carbocycles. The van der Waals surface area contributed by atoms with E-state index in [-0.39, 0.29) is 14.9 Å². The molecule has 212 valence electrons. The summed E-state index contributed by atoms with van der Waals surface area (Å²) < 4.78 is 11.0. The molecule has 0 bridgehead atoms. The standard InChI is InChI=1S/C20H14Br2O2S2.C6Br4S2.2CH4/c21-13-17(15(23)11-7-3-1-4-8-11)25-20-14(22)18(26-19(13)20)16(24)12-9-5-2-6-10-12;7-1-3-4(12-5(1)9)2(8)6(10)11-3;;/h1-10,15-16,23-24H;;2*1H4. The molecule has 0 aliphatic heterocycles. The molecule has 2 unspecified atom stereocenters. The van der Waals surface area contributed by atoms with Gasteiger partial charge in [-0.2, -0.15) is 0 Å². The Morgan fingerprint density at radius 1 is 0.450 bits per heavy atom. The number of halogens is 6. The predicted octanol–water partition coefficient (Wildman–Crippen LogP) is 13.9. The summed E-state index contributed by atoms with van der Waals surface area (Å²) in [5, 5.41) is 21.5. The van der Waals surface area contributed by atoms with E-state index in [2.05, 4.69) is 95.6 Å². The van der Waals surface area contributed by atoms with E-state index in [4.69, 9.17) is 0 Å². The number of benzene rings is 2. The van der Waals surface area contributed by atoms with Gasteiger partial charge in [0.15, 0.2) is 0 Å². The lowest BCUT2D eigenvalue weighted by molar-refractivity contribution is 0.223. The SMILES string of the molecule is Brc1sc2c(Br)c(Br)sc2c1Br.C.C.OC(c1ccccc1)c1sc2c(Br)c(C(O)c3ccccc3)sc2c1Br. The zero-order valence-electron chi connectivity index (χ0n) is 18.7. The van der Waals surface area contributed by atoms with Crippen LogP contribution < -0.4 is 0 Å². The van der Waals surface area contributed by atoms with Crippen LogP contribution in [0.15, 0.2) is 86.1 Å². The molecule has 12 heteroatoms. The zero-order chi connectivity index (χ0) is 27.1. The Morgan fingerprint density at radius 3 is 1.07 bits per heavy atom. The van der Waals surface area contributed by atoms with Crippen LogP contribution in [-0.2, 0) is 0 Å². The minimum atomic E-state index is -0.676. The molecule has 0 saturated carbocycles. The van der Waals surface area contributed by atoms with E-state index in [1.165, 1.54) is 9.40 Å². The van der Waals surface area contributed by atoms with Crippen LogP contribution in [0, 0.1) is 0 Å². The Morgan fingerprint density at radius 2 is 0.750 bits per heavy atom. The Balaban J connectivity index is 0.000000266. The highest BCUT2D eigenvalue weighted by Gasteiger charge is 2.26. The van der Waals surface area contributed by atoms with Crippen LogP contribution in [0.25, 0.3) is 18.8 Å². The summed E-state index contributed by atoms with van der Waals surface area (Å²) in [6.07, 6.45) is -1.35. The third kappa shape index (κ3) is 6.94. The van der Waals surface area contributed by atoms with Crippen LogP contribution in [0.2, 0.25) is 0 Å². The highest BCUT2D eigenvalue weighted by atomic mass is 79.9. The number of aliphatic hydroxyl groups excluding tert-OH is 2. The summed E-state index contributed by atoms with van der Waals surface area (Å²) in [5.74, 6) is 0. The van der Waals surface area contributed by atoms with Crippen LogP contribution in [-0.4, -0.2) is 10.2 Å². The molecule has 0 spiro atoms. The number of rotatable bonds is 4. The molecule has 4 heterocycles. The van der Waals surface area contributed by atoms with Crippen molar-refractivity contribution in [3.8, 4) is 0 Å². The summed E-state index contributed by atoms with van der Waals surface area (Å²) in [6, 6.07) is 19.3. The minimum absolute atomic E-state index is 0. The molecule has 2 atom stereocenters. The average molecular weight is 998 g/mol. The number of hydrogen-bond acceptors (Lipinski definition) is 6. The molecular formula is C28H22Br6O2S4. The lowest BCUT2D eigenvalue weighted by Gasteiger charge is -2.11. The zero-order valence-corrected chi connectivity index (χ0v) is 31.5. The summed E-state index contributed by atoms with van der Waals surface area (Å²) in [7, 11) is 0. The highest BCUT2D eigenvalue weighted by molar-refractivity contribution is 9.14. The lowest BCUT2D eigenvalue weighted by Crippen LogP contribution is -1.98. The quantitative estimate of drug-likeness (QED) is 0.185. The molecule has 6 aromatic rings. The average Bonchev–Trinajstić information content (AvgIpc) is 3.62. The van der Waals surface area contributed by atoms with Gasteiger partial charge in [0, 0.05) is 0 Å². The van der Waals surface area contributed by atoms with Gasteiger partial charge in [0.25, 0.3) is 0 Å². The van der Waals surface area contributed by atoms with Crippen LogP contribution in [0.1, 0.15) is 47.9 Å². The molecule has 2 nitrogen and oxygen atoms in total. The van der Waals surface area contributed by atoms with Crippen LogP contribution >= 0.6 is 141 Å². The summed E-state index contributed by atoms with van der Waals surface area (Å²) in [5.41, 5.74) is 1.73. The fourth-order valence-electron chi connectivity index (χ4n) is 3.67. The van der Waals surface area contributed by atoms with Crippen molar-refractivity contribution in [1.29, 1.82) is 0 Å². The van der Waals surface area contributed by atoms with Gasteiger partial charge in [-0.15, -0.1) is 45.3 Å². The minimum Gasteiger partial charge on any atom is -0.383 e. The third-order valence-electron chi connectivity index (χ3n) is 5.52. The number of thiophene rings is 4. The second kappa shape index (κ2) is 15.0. The van der Waals surface area contributed by atoms with Gasteiger partial charge in [-0.3, -0.25) is 0 Å². The van der Waals surface area contributed by atoms with Gasteiger partial charge in [0.2, 0.25) is 0 Å². The van der Waals surface area contributed by atoms with Gasteiger partial charge < -0.3 is 10.2 Å². The molecule has 40 heavy (non-hydrogen) atoms. The van der Waals surface area contributed by atoms with E-state index in [9.17, 15) is 10.2 Å². The van der Waals surface area contributed by atoms with Gasteiger partial charge in [-0.05, 0) is 107 Å². The van der Waals surface area contributed by atoms with Crippen LogP contribution in [0.4, 0.5) is 0 Å². The number of hydrogen-bond donors (Lipinski definition) is 2. The Labute approximate surface area is 300 Å². The molecule has 0 amide bonds. The lowest BCUT2D eigenvalue weighted by atomic mass is 10.1. The topological polar surface area (TPSA) is 40.5 Å². The van der Waals surface area contributed by atoms with Gasteiger partial charge in [-0.25, -0.2) is 0 Å². The fraction of sp³-hybridized carbons (Fsp3) is 0.143. The normalized spacial score (nSPS) is 12.4. The molecule has 0 radical (unpaired) electrons. The van der Waals surface area contributed by atoms with Crippen molar-refractivity contribution < 1.29 is 10.2 Å². The smallest absolute Gasteiger partial charge is 0.114 e. The Kier molecular flexibility index (Phi) is 13.2. The molecule has 0 aliphatic carbocycles. The van der Waals surface area contributed by atoms with Gasteiger partial charge in [-0.1, -0.05) is 75.5 Å². The van der Waals surface area contributed by atoms with Crippen molar-refractivity contribution in [1.82, 2.24) is 0 Å². The van der Waals surface area contributed by atoms with E-state index < -0.39 is 12.2 Å². The molecule has 4 aromatic heterocycles. The predicted molar refractivity (Wildman–Crippen MR) is 200 cm³/mol. The van der Waals surface area contributed by atoms with E-state index in [1.54, 1.807) is 45.3 Å². The summed E-state index contributed by atoms with van der Waals surface area (Å²) in [4.78, 5) is 1.75. The van der Waals surface area contributed by atoms with Crippen LogP contribution in [0.3, 0.4) is 0 Å². The van der Waals surface area contributed by atoms with Gasteiger partial charge >= 0.3 is 0 Å². The molecule has 2 N–H and O–H groups in total. The Bertz CT molecular complexity index is 1600. The highest BCUT2D eigenvalue weighted by Crippen LogP contribution is 2.51. The number of fused-ring (bicyclic) bond motifs is 2. The third-order valence-corrected chi connectivity index (χ3v) is 18.5. The largest absolute Gasteiger partial charge is 0.383 e. The summed E-state index contributed by atoms with van der Waals surface area (Å²) in [6.45, 7) is 0. The van der Waals surface area contributed by atoms with E-state index in [1.807, 2.05) is 60.7 Å². The van der Waals surface area contributed by atoms with Gasteiger partial charge in [0.1, 0.15) is 12.2 Å². The Hall–Kier alpha value is 0.560. The van der Waals surface area contributed by atoms with E-state index in [0.717, 1.165) is 55.7 Å². The number of aliphatic hydroxyl groups is 2. The van der Waals surface area contributed by atoms with Crippen molar-refractivity contribution in [2.45, 2.75) is 27.1 Å². The first kappa shape index (κ1) is 35.0. The fourth-order valence-corrected chi connectivity index (χ4v) is 13.4. The monoisotopic (exact) mass is 992 g/mol. The molecule has 0 aliphatic rings. The first-order chi connectivity index (χ1) is 18.2. The molecule has 0 saturated heterocycles. The molecule has 6 rings (SSSR count). The van der Waals surface area contributed by atoms with E-state index in [0.29, 0.717) is 0 Å². The maximum Gasteiger partial charge on any atom is 0.114 e. The van der Waals surface area contributed by atoms with Crippen molar-refractivity contribution in [3.05, 3.63) is 107 Å². The summed E-state index contributed by atoms with van der Waals surface area (Å²) >= 11 is 27.9. The molecule has 0 fully saturated rings. The van der Waals surface area contributed by atoms with Crippen molar-refractivity contribution in [2.75, 3.05) is 0 Å². The van der Waals surface area contributed by atoms with Crippen molar-refractivity contribution >= 4 is 160 Å². The van der Waals surface area contributed by atoms with E-state index >= 15 is 0 Å². The first-order valence-electron chi connectivity index (χ1n) is 10.8. The maximum atomic E-state index is 10.8. The first-order valence-corrected chi connectivity index (χ1v) is 18.8. The molecular weight excluding hydrogens is 976 g/mol. The maximum absolute atomic E-state index is 10.8. The van der Waals surface area contributed by atoms with Crippen molar-refractivity contribution in [3.63, 3.8) is 0 Å². The van der Waals surface area contributed by atoms with Gasteiger partial charge in [0.05, 0.1) is 54.0 Å². The second-order valence-electron chi connectivity index (χ2n) is 7.88. The second-order valence-corrected chi connectivity index (χ2v) is 17.8. The van der Waals surface area contributed by atoms with Crippen molar-refractivity contribution in [2.24, 2.45) is 0 Å². The van der Waals surface area contributed by atoms with Crippen LogP contribution in [0.5, 0.6) is 0 Å².